The van der Waals surface area contributed by atoms with Crippen LogP contribution in [0.5, 0.6) is 0 Å². The van der Waals surface area contributed by atoms with Crippen LogP contribution in [-0.2, 0) is 17.0 Å². The summed E-state index contributed by atoms with van der Waals surface area (Å²) in [4.78, 5) is 0. The van der Waals surface area contributed by atoms with Crippen molar-refractivity contribution in [2.24, 2.45) is 0 Å². The molecular formula is C31H24Cl2N2Ti-2. The Morgan fingerprint density at radius 1 is 0.472 bits per heavy atom. The van der Waals surface area contributed by atoms with E-state index in [-0.39, 0.29) is 0 Å². The molecule has 6 rings (SSSR count). The van der Waals surface area contributed by atoms with Gasteiger partial charge in [0, 0.05) is 0 Å². The van der Waals surface area contributed by atoms with Crippen LogP contribution in [0, 0.1) is 0 Å². The molecule has 0 bridgehead atoms. The van der Waals surface area contributed by atoms with Crippen LogP contribution in [-0.4, -0.2) is 13.1 Å². The van der Waals surface area contributed by atoms with Crippen LogP contribution < -0.4 is 0 Å². The van der Waals surface area contributed by atoms with Gasteiger partial charge in [0.1, 0.15) is 0 Å². The zero-order valence-electron chi connectivity index (χ0n) is 19.7. The fraction of sp³-hybridized carbons (Fsp3) is 0.0968. The molecule has 0 fully saturated rings. The molecule has 6 aromatic rings. The van der Waals surface area contributed by atoms with Crippen molar-refractivity contribution in [3.05, 3.63) is 120 Å². The first-order valence-electron chi connectivity index (χ1n) is 11.9. The number of halogens is 2. The molecule has 0 aliphatic rings. The van der Waals surface area contributed by atoms with Gasteiger partial charge in [-0.15, -0.1) is 24.5 Å². The van der Waals surface area contributed by atoms with Gasteiger partial charge in [0.15, 0.2) is 0 Å². The van der Waals surface area contributed by atoms with E-state index in [2.05, 4.69) is 109 Å². The van der Waals surface area contributed by atoms with Crippen molar-refractivity contribution in [2.75, 3.05) is 13.1 Å². The molecule has 0 unspecified atom stereocenters. The number of rotatable bonds is 6. The van der Waals surface area contributed by atoms with Gasteiger partial charge < -0.3 is 10.6 Å². The molecule has 0 saturated heterocycles. The van der Waals surface area contributed by atoms with Crippen molar-refractivity contribution in [3.8, 4) is 0 Å². The zero-order valence-corrected chi connectivity index (χ0v) is 22.7. The van der Waals surface area contributed by atoms with Gasteiger partial charge in [-0.05, 0) is 55.2 Å². The molecule has 0 N–H and O–H groups in total. The third-order valence-corrected chi connectivity index (χ3v) is 6.34. The monoisotopic (exact) mass is 542 g/mol. The van der Waals surface area contributed by atoms with Gasteiger partial charge in [0.2, 0.25) is 0 Å². The predicted molar refractivity (Wildman–Crippen MR) is 155 cm³/mol. The molecule has 0 radical (unpaired) electrons. The molecule has 5 heteroatoms. The second-order valence-electron chi connectivity index (χ2n) is 8.52. The van der Waals surface area contributed by atoms with Gasteiger partial charge in [-0.3, -0.25) is 0 Å². The molecule has 2 nitrogen and oxygen atoms in total. The van der Waals surface area contributed by atoms with Gasteiger partial charge in [-0.1, -0.05) is 103 Å². The maximum atomic E-state index is 5.06. The molecule has 0 amide bonds. The first-order chi connectivity index (χ1) is 17.8. The maximum Gasteiger partial charge on any atom is -0.0190 e. The molecule has 0 saturated carbocycles. The zero-order chi connectivity index (χ0) is 24.7. The normalized spacial score (nSPS) is 10.8. The number of hydrogen-bond acceptors (Lipinski definition) is 0. The molecule has 0 spiro atoms. The maximum absolute atomic E-state index is 5.06. The van der Waals surface area contributed by atoms with Gasteiger partial charge in [-0.25, -0.2) is 0 Å². The minimum Gasteiger partial charge on any atom is -0.683 e. The molecule has 36 heavy (non-hydrogen) atoms. The smallest absolute Gasteiger partial charge is 0.0190 e. The van der Waals surface area contributed by atoms with Crippen LogP contribution in [0.1, 0.15) is 6.42 Å². The van der Waals surface area contributed by atoms with Crippen LogP contribution in [0.25, 0.3) is 53.7 Å². The molecule has 0 atom stereocenters. The first-order valence-corrected chi connectivity index (χ1v) is 16.2. The van der Waals surface area contributed by atoms with Crippen LogP contribution >= 0.6 is 18.6 Å². The summed E-state index contributed by atoms with van der Waals surface area (Å²) >= 11 is -0.556. The van der Waals surface area contributed by atoms with Crippen molar-refractivity contribution in [1.29, 1.82) is 0 Å². The molecule has 6 aromatic carbocycles. The van der Waals surface area contributed by atoms with Crippen molar-refractivity contribution >= 4 is 73.1 Å². The minimum atomic E-state index is -0.556. The van der Waals surface area contributed by atoms with Gasteiger partial charge in [0.25, 0.3) is 0 Å². The Bertz CT molecular complexity index is 1410. The van der Waals surface area contributed by atoms with Crippen molar-refractivity contribution in [2.45, 2.75) is 6.42 Å². The van der Waals surface area contributed by atoms with E-state index in [0.29, 0.717) is 0 Å². The minimum absolute atomic E-state index is 0.556. The van der Waals surface area contributed by atoms with Crippen molar-refractivity contribution < 1.29 is 17.0 Å². The Kier molecular flexibility index (Phi) is 8.30. The first kappa shape index (κ1) is 24.9. The van der Waals surface area contributed by atoms with E-state index in [1.54, 1.807) is 0 Å². The van der Waals surface area contributed by atoms with E-state index < -0.39 is 17.0 Å². The summed E-state index contributed by atoms with van der Waals surface area (Å²) in [5.41, 5.74) is 2.19. The fourth-order valence-electron chi connectivity index (χ4n) is 4.77. The van der Waals surface area contributed by atoms with Crippen molar-refractivity contribution in [1.82, 2.24) is 0 Å². The van der Waals surface area contributed by atoms with Crippen LogP contribution in [0.4, 0.5) is 11.4 Å². The third kappa shape index (κ3) is 5.33. The summed E-state index contributed by atoms with van der Waals surface area (Å²) in [6, 6.07) is 38.6. The average Bonchev–Trinajstić information content (AvgIpc) is 2.92. The Morgan fingerprint density at radius 3 is 1.06 bits per heavy atom. The van der Waals surface area contributed by atoms with Crippen LogP contribution in [0.15, 0.2) is 109 Å². The molecule has 0 aliphatic heterocycles. The summed E-state index contributed by atoms with van der Waals surface area (Å²) in [7, 11) is 9.78. The largest absolute Gasteiger partial charge is 0.683 e. The fourth-order valence-corrected chi connectivity index (χ4v) is 4.77. The van der Waals surface area contributed by atoms with Gasteiger partial charge >= 0.3 is 35.6 Å². The molecular weight excluding hydrogens is 519 g/mol. The summed E-state index contributed by atoms with van der Waals surface area (Å²) in [6.45, 7) is 1.51. The quantitative estimate of drug-likeness (QED) is 0.114. The summed E-state index contributed by atoms with van der Waals surface area (Å²) in [5.74, 6) is 0. The second kappa shape index (κ2) is 12.0. The second-order valence-corrected chi connectivity index (χ2v) is 11.1. The topological polar surface area (TPSA) is 28.2 Å². The summed E-state index contributed by atoms with van der Waals surface area (Å²) < 4.78 is 0. The van der Waals surface area contributed by atoms with E-state index >= 15 is 0 Å². The Hall–Kier alpha value is -2.75. The number of nitrogens with zero attached hydrogens (tertiary/aromatic N) is 2. The van der Waals surface area contributed by atoms with Gasteiger partial charge in [-0.2, -0.15) is 0 Å². The van der Waals surface area contributed by atoms with E-state index in [0.717, 1.165) is 30.9 Å². The Morgan fingerprint density at radius 2 is 0.750 bits per heavy atom. The van der Waals surface area contributed by atoms with E-state index in [1.807, 2.05) is 0 Å². The SMILES string of the molecule is [Cl][Ti][Cl].c1ccc2c([N-]CCC[N-]c3c4ccccc4cc4ccccc34)c3ccccc3cc2c1. The molecule has 0 aliphatic carbocycles. The van der Waals surface area contributed by atoms with Crippen LogP contribution in [0.3, 0.4) is 0 Å². The molecule has 0 heterocycles. The van der Waals surface area contributed by atoms with E-state index in [9.17, 15) is 0 Å². The number of benzene rings is 6. The standard InChI is InChI=1S/C31H24N2.2ClH.Ti/c1-5-14-26-22(10-1)20-23-11-2-6-15-27(23)30(26)32-18-9-19-33-31-28-16-7-3-12-24(28)21-25-13-4-8-17-29(25)31;;;/h1-8,10-17,20-21H,9,18-19H2;2*1H;/q-2;;;+2/p-2. The van der Waals surface area contributed by atoms with Gasteiger partial charge in [0.05, 0.1) is 0 Å². The number of hydrogen-bond donors (Lipinski definition) is 0. The van der Waals surface area contributed by atoms with Crippen LogP contribution in [0.2, 0.25) is 0 Å². The molecule has 178 valence electrons. The Balaban J connectivity index is 0.000000848. The van der Waals surface area contributed by atoms with Crippen molar-refractivity contribution in [3.63, 3.8) is 0 Å². The number of fused-ring (bicyclic) bond motifs is 4. The Labute approximate surface area is 228 Å². The predicted octanol–water partition coefficient (Wildman–Crippen LogP) is 10.8. The van der Waals surface area contributed by atoms with E-state index in [1.165, 1.54) is 43.1 Å². The van der Waals surface area contributed by atoms with E-state index in [4.69, 9.17) is 29.2 Å². The summed E-state index contributed by atoms with van der Waals surface area (Å²) in [5, 5.41) is 19.9. The summed E-state index contributed by atoms with van der Waals surface area (Å²) in [6.07, 6.45) is 0.912. The average molecular weight is 543 g/mol. The molecule has 0 aromatic heterocycles. The third-order valence-electron chi connectivity index (χ3n) is 6.34.